The molecule has 1 unspecified atom stereocenters. The first-order chi connectivity index (χ1) is 10.6. The van der Waals surface area contributed by atoms with Gasteiger partial charge in [0.25, 0.3) is 0 Å². The number of aryl methyl sites for hydroxylation is 2. The lowest BCUT2D eigenvalue weighted by Gasteiger charge is -2.16. The van der Waals surface area contributed by atoms with Gasteiger partial charge in [0.15, 0.2) is 0 Å². The van der Waals surface area contributed by atoms with Gasteiger partial charge in [-0.2, -0.15) is 0 Å². The molecule has 0 spiro atoms. The highest BCUT2D eigenvalue weighted by Gasteiger charge is 2.17. The fourth-order valence-corrected chi connectivity index (χ4v) is 3.03. The second-order valence-electron chi connectivity index (χ2n) is 6.09. The van der Waals surface area contributed by atoms with Crippen LogP contribution in [0, 0.1) is 19.8 Å². The van der Waals surface area contributed by atoms with E-state index in [4.69, 9.17) is 4.74 Å². The maximum Gasteiger partial charge on any atom is 0.220 e. The second-order valence-corrected chi connectivity index (χ2v) is 6.09. The van der Waals surface area contributed by atoms with E-state index in [-0.39, 0.29) is 5.91 Å². The summed E-state index contributed by atoms with van der Waals surface area (Å²) in [7, 11) is 0. The highest BCUT2D eigenvalue weighted by Crippen LogP contribution is 2.27. The summed E-state index contributed by atoms with van der Waals surface area (Å²) in [6, 6.07) is 8.17. The summed E-state index contributed by atoms with van der Waals surface area (Å²) in [6.07, 6.45) is 2.46. The van der Waals surface area contributed by atoms with E-state index in [1.54, 1.807) is 0 Å². The van der Waals surface area contributed by atoms with Crippen molar-refractivity contribution in [3.05, 3.63) is 35.5 Å². The van der Waals surface area contributed by atoms with Crippen molar-refractivity contribution in [1.82, 2.24) is 10.3 Å². The van der Waals surface area contributed by atoms with Crippen LogP contribution < -0.4 is 10.1 Å². The van der Waals surface area contributed by atoms with Crippen LogP contribution in [0.2, 0.25) is 0 Å². The number of amides is 1. The van der Waals surface area contributed by atoms with Crippen molar-refractivity contribution < 1.29 is 9.53 Å². The van der Waals surface area contributed by atoms with Gasteiger partial charge in [0.05, 0.1) is 6.61 Å². The fourth-order valence-electron chi connectivity index (χ4n) is 3.03. The number of fused-ring (bicyclic) bond motifs is 1. The minimum absolute atomic E-state index is 0.153. The first kappa shape index (κ1) is 14.8. The Morgan fingerprint density at radius 1 is 1.32 bits per heavy atom. The Bertz CT molecular complexity index is 697. The topological polar surface area (TPSA) is 51.2 Å². The van der Waals surface area contributed by atoms with Crippen LogP contribution in [0.1, 0.15) is 30.5 Å². The number of pyridine rings is 1. The highest BCUT2D eigenvalue weighted by molar-refractivity contribution is 5.87. The number of hydrogen-bond acceptors (Lipinski definition) is 3. The summed E-state index contributed by atoms with van der Waals surface area (Å²) in [5.74, 6) is 1.41. The SMILES string of the molecule is Cc1cc(C)c2cccc(OCC3CCNC(=O)CC3)c2n1. The zero-order chi connectivity index (χ0) is 15.5. The van der Waals surface area contributed by atoms with E-state index >= 15 is 0 Å². The number of hydrogen-bond donors (Lipinski definition) is 1. The first-order valence-electron chi connectivity index (χ1n) is 7.90. The third kappa shape index (κ3) is 3.21. The smallest absolute Gasteiger partial charge is 0.220 e. The number of nitrogens with one attached hydrogen (secondary N) is 1. The molecule has 2 aromatic rings. The lowest BCUT2D eigenvalue weighted by atomic mass is 10.0. The van der Waals surface area contributed by atoms with Crippen molar-refractivity contribution in [2.45, 2.75) is 33.1 Å². The third-order valence-electron chi connectivity index (χ3n) is 4.27. The summed E-state index contributed by atoms with van der Waals surface area (Å²) >= 11 is 0. The molecule has 1 aromatic heterocycles. The van der Waals surface area contributed by atoms with Crippen LogP contribution in [-0.4, -0.2) is 24.0 Å². The lowest BCUT2D eigenvalue weighted by molar-refractivity contribution is -0.120. The van der Waals surface area contributed by atoms with Gasteiger partial charge in [-0.1, -0.05) is 12.1 Å². The molecule has 0 radical (unpaired) electrons. The minimum Gasteiger partial charge on any atom is -0.491 e. The Balaban J connectivity index is 1.78. The molecule has 116 valence electrons. The molecule has 1 saturated heterocycles. The Labute approximate surface area is 130 Å². The third-order valence-corrected chi connectivity index (χ3v) is 4.27. The summed E-state index contributed by atoms with van der Waals surface area (Å²) in [5.41, 5.74) is 3.16. The highest BCUT2D eigenvalue weighted by atomic mass is 16.5. The van der Waals surface area contributed by atoms with Gasteiger partial charge in [-0.25, -0.2) is 4.98 Å². The molecule has 1 atom stereocenters. The molecule has 4 nitrogen and oxygen atoms in total. The molecule has 1 aliphatic rings. The Morgan fingerprint density at radius 2 is 2.18 bits per heavy atom. The van der Waals surface area contributed by atoms with Crippen LogP contribution in [0.25, 0.3) is 10.9 Å². The van der Waals surface area contributed by atoms with E-state index in [0.29, 0.717) is 18.9 Å². The first-order valence-corrected chi connectivity index (χ1v) is 7.90. The van der Waals surface area contributed by atoms with Gasteiger partial charge in [0, 0.05) is 24.0 Å². The van der Waals surface area contributed by atoms with Crippen LogP contribution in [0.4, 0.5) is 0 Å². The van der Waals surface area contributed by atoms with Crippen LogP contribution in [-0.2, 0) is 4.79 Å². The number of ether oxygens (including phenoxy) is 1. The Hall–Kier alpha value is -2.10. The van der Waals surface area contributed by atoms with E-state index in [1.807, 2.05) is 19.1 Å². The van der Waals surface area contributed by atoms with Gasteiger partial charge in [-0.05, 0) is 50.3 Å². The Kier molecular flexibility index (Phi) is 4.27. The number of benzene rings is 1. The van der Waals surface area contributed by atoms with Crippen molar-refractivity contribution in [2.75, 3.05) is 13.2 Å². The average Bonchev–Trinajstić information content (AvgIpc) is 2.70. The molecule has 2 heterocycles. The second kappa shape index (κ2) is 6.34. The quantitative estimate of drug-likeness (QED) is 0.947. The lowest BCUT2D eigenvalue weighted by Crippen LogP contribution is -2.21. The largest absolute Gasteiger partial charge is 0.491 e. The van der Waals surface area contributed by atoms with E-state index < -0.39 is 0 Å². The van der Waals surface area contributed by atoms with E-state index in [1.165, 1.54) is 5.56 Å². The van der Waals surface area contributed by atoms with Crippen molar-refractivity contribution >= 4 is 16.8 Å². The number of nitrogens with zero attached hydrogens (tertiary/aromatic N) is 1. The van der Waals surface area contributed by atoms with Crippen molar-refractivity contribution in [3.8, 4) is 5.75 Å². The standard InChI is InChI=1S/C18H22N2O2/c1-12-10-13(2)20-18-15(12)4-3-5-16(18)22-11-14-6-7-17(21)19-9-8-14/h3-5,10,14H,6-9,11H2,1-2H3,(H,19,21). The van der Waals surface area contributed by atoms with Gasteiger partial charge < -0.3 is 10.1 Å². The molecule has 1 aliphatic heterocycles. The molecule has 0 aliphatic carbocycles. The van der Waals surface area contributed by atoms with E-state index in [9.17, 15) is 4.79 Å². The summed E-state index contributed by atoms with van der Waals surface area (Å²) in [4.78, 5) is 16.0. The van der Waals surface area contributed by atoms with E-state index in [2.05, 4.69) is 29.4 Å². The molecule has 4 heteroatoms. The zero-order valence-electron chi connectivity index (χ0n) is 13.2. The Morgan fingerprint density at radius 3 is 3.05 bits per heavy atom. The molecular weight excluding hydrogens is 276 g/mol. The number of carbonyl (C=O) groups excluding carboxylic acids is 1. The molecule has 22 heavy (non-hydrogen) atoms. The zero-order valence-corrected chi connectivity index (χ0v) is 13.2. The van der Waals surface area contributed by atoms with Crippen molar-refractivity contribution in [1.29, 1.82) is 0 Å². The van der Waals surface area contributed by atoms with Crippen molar-refractivity contribution in [3.63, 3.8) is 0 Å². The van der Waals surface area contributed by atoms with Gasteiger partial charge >= 0.3 is 0 Å². The molecule has 1 N–H and O–H groups in total. The maximum atomic E-state index is 11.4. The van der Waals surface area contributed by atoms with Crippen molar-refractivity contribution in [2.24, 2.45) is 5.92 Å². The molecule has 0 bridgehead atoms. The van der Waals surface area contributed by atoms with E-state index in [0.717, 1.165) is 41.7 Å². The van der Waals surface area contributed by atoms with Crippen LogP contribution in [0.3, 0.4) is 0 Å². The van der Waals surface area contributed by atoms with Crippen LogP contribution in [0.5, 0.6) is 5.75 Å². The van der Waals surface area contributed by atoms with Gasteiger partial charge in [-0.3, -0.25) is 4.79 Å². The van der Waals surface area contributed by atoms with Gasteiger partial charge in [-0.15, -0.1) is 0 Å². The van der Waals surface area contributed by atoms with Gasteiger partial charge in [0.1, 0.15) is 11.3 Å². The van der Waals surface area contributed by atoms with Crippen LogP contribution >= 0.6 is 0 Å². The normalized spacial score (nSPS) is 18.8. The molecule has 1 aromatic carbocycles. The fraction of sp³-hybridized carbons (Fsp3) is 0.444. The summed E-state index contributed by atoms with van der Waals surface area (Å²) in [6.45, 7) is 5.50. The molecule has 0 saturated carbocycles. The van der Waals surface area contributed by atoms with Crippen LogP contribution in [0.15, 0.2) is 24.3 Å². The molecule has 3 rings (SSSR count). The number of aromatic nitrogens is 1. The van der Waals surface area contributed by atoms with Gasteiger partial charge in [0.2, 0.25) is 5.91 Å². The number of rotatable bonds is 3. The predicted molar refractivity (Wildman–Crippen MR) is 87.1 cm³/mol. The molecule has 1 fully saturated rings. The monoisotopic (exact) mass is 298 g/mol. The minimum atomic E-state index is 0.153. The number of carbonyl (C=O) groups is 1. The maximum absolute atomic E-state index is 11.4. The molecular formula is C18H22N2O2. The average molecular weight is 298 g/mol. The number of para-hydroxylation sites is 1. The summed E-state index contributed by atoms with van der Waals surface area (Å²) in [5, 5.41) is 4.05. The predicted octanol–water partition coefficient (Wildman–Crippen LogP) is 3.15. The molecule has 1 amide bonds. The summed E-state index contributed by atoms with van der Waals surface area (Å²) < 4.78 is 6.06.